The number of carbonyl (C=O) groups is 4. The van der Waals surface area contributed by atoms with Crippen LogP contribution in [0, 0.1) is 0 Å². The Morgan fingerprint density at radius 3 is 1.93 bits per heavy atom. The molecule has 59 heavy (non-hydrogen) atoms. The normalized spacial score (nSPS) is 22.6. The Morgan fingerprint density at radius 2 is 1.31 bits per heavy atom. The van der Waals surface area contributed by atoms with Crippen LogP contribution in [0.2, 0.25) is 0 Å². The van der Waals surface area contributed by atoms with Crippen molar-refractivity contribution in [3.8, 4) is 0 Å². The summed E-state index contributed by atoms with van der Waals surface area (Å²) in [6.45, 7) is 4.64. The zero-order chi connectivity index (χ0) is 41.5. The molecule has 4 fully saturated rings. The van der Waals surface area contributed by atoms with Gasteiger partial charge in [-0.15, -0.1) is 0 Å². The molecule has 7 rings (SSSR count). The summed E-state index contributed by atoms with van der Waals surface area (Å²) in [7, 11) is 1.69. The highest BCUT2D eigenvalue weighted by Crippen LogP contribution is 2.31. The predicted octanol–water partition coefficient (Wildman–Crippen LogP) is 4.23. The number of amides is 4. The third kappa shape index (κ3) is 10.0. The van der Waals surface area contributed by atoms with Crippen molar-refractivity contribution in [1.29, 1.82) is 0 Å². The lowest BCUT2D eigenvalue weighted by molar-refractivity contribution is -0.144. The summed E-state index contributed by atoms with van der Waals surface area (Å²) in [5.41, 5.74) is 3.47. The van der Waals surface area contributed by atoms with E-state index >= 15 is 0 Å². The van der Waals surface area contributed by atoms with Crippen LogP contribution in [0.5, 0.6) is 0 Å². The van der Waals surface area contributed by atoms with Crippen LogP contribution < -0.4 is 26.6 Å². The highest BCUT2D eigenvalue weighted by molar-refractivity contribution is 7.80. The Bertz CT molecular complexity index is 1950. The van der Waals surface area contributed by atoms with Gasteiger partial charge in [0.2, 0.25) is 23.6 Å². The summed E-state index contributed by atoms with van der Waals surface area (Å²) in [5, 5.41) is 16.9. The van der Waals surface area contributed by atoms with Gasteiger partial charge in [0.05, 0.1) is 12.1 Å². The second-order valence-electron chi connectivity index (χ2n) is 15.9. The molecule has 15 heteroatoms. The first-order chi connectivity index (χ1) is 28.6. The number of nitrogens with one attached hydrogen (secondary N) is 5. The third-order valence-electron chi connectivity index (χ3n) is 12.2. The molecule has 0 radical (unpaired) electrons. The first-order valence-corrected chi connectivity index (χ1v) is 21.6. The van der Waals surface area contributed by atoms with E-state index in [1.165, 1.54) is 0 Å². The van der Waals surface area contributed by atoms with Gasteiger partial charge in [0.25, 0.3) is 0 Å². The molecule has 5 N–H and O–H groups in total. The quantitative estimate of drug-likeness (QED) is 0.198. The van der Waals surface area contributed by atoms with Crippen molar-refractivity contribution in [2.75, 3.05) is 50.4 Å². The lowest BCUT2D eigenvalue weighted by atomic mass is 9.98. The molecule has 3 aromatic carbocycles. The fourth-order valence-corrected chi connectivity index (χ4v) is 9.32. The van der Waals surface area contributed by atoms with Crippen molar-refractivity contribution in [1.82, 2.24) is 35.6 Å². The Hall–Kier alpha value is -5.12. The van der Waals surface area contributed by atoms with Gasteiger partial charge in [0.1, 0.15) is 12.1 Å². The Morgan fingerprint density at radius 1 is 0.712 bits per heavy atom. The van der Waals surface area contributed by atoms with Crippen LogP contribution in [-0.4, -0.2) is 123 Å². The largest absolute Gasteiger partial charge is 0.348 e. The van der Waals surface area contributed by atoms with E-state index in [4.69, 9.17) is 24.4 Å². The fraction of sp³-hybridized carbons (Fsp3) is 0.455. The summed E-state index contributed by atoms with van der Waals surface area (Å²) in [4.78, 5) is 62.7. The van der Waals surface area contributed by atoms with E-state index in [1.54, 1.807) is 18.9 Å². The smallest absolute Gasteiger partial charge is 0.247 e. The van der Waals surface area contributed by atoms with E-state index in [-0.39, 0.29) is 36.2 Å². The summed E-state index contributed by atoms with van der Waals surface area (Å²) in [6.07, 6.45) is 5.25. The van der Waals surface area contributed by atoms with Gasteiger partial charge < -0.3 is 46.2 Å². The maximum absolute atomic E-state index is 14.6. The molecule has 4 heterocycles. The van der Waals surface area contributed by atoms with Crippen LogP contribution in [0.1, 0.15) is 69.0 Å². The summed E-state index contributed by atoms with van der Waals surface area (Å²) in [6, 6.07) is 24.8. The number of hydrogen-bond acceptors (Lipinski definition) is 7. The first kappa shape index (κ1) is 42.0. The number of benzene rings is 3. The molecule has 4 saturated heterocycles. The highest BCUT2D eigenvalue weighted by atomic mass is 32.1. The van der Waals surface area contributed by atoms with Crippen molar-refractivity contribution in [3.05, 3.63) is 96.1 Å². The average Bonchev–Trinajstić information content (AvgIpc) is 3.90. The lowest BCUT2D eigenvalue weighted by Gasteiger charge is -2.40. The Balaban J connectivity index is 1.01. The molecule has 0 aliphatic carbocycles. The number of rotatable bonds is 9. The molecule has 0 aromatic heterocycles. The zero-order valence-corrected chi connectivity index (χ0v) is 35.4. The van der Waals surface area contributed by atoms with Gasteiger partial charge in [-0.1, -0.05) is 60.7 Å². The van der Waals surface area contributed by atoms with Crippen LogP contribution in [-0.2, 0) is 19.2 Å². The second-order valence-corrected chi connectivity index (χ2v) is 16.7. The van der Waals surface area contributed by atoms with Gasteiger partial charge in [0.15, 0.2) is 10.2 Å². The predicted molar refractivity (Wildman–Crippen MR) is 238 cm³/mol. The van der Waals surface area contributed by atoms with Crippen LogP contribution in [0.15, 0.2) is 84.9 Å². The van der Waals surface area contributed by atoms with E-state index in [1.807, 2.05) is 94.7 Å². The monoisotopic (exact) mass is 837 g/mol. The molecule has 0 saturated carbocycles. The molecule has 5 atom stereocenters. The third-order valence-corrected chi connectivity index (χ3v) is 12.9. The molecule has 4 amide bonds. The molecule has 13 nitrogen and oxygen atoms in total. The van der Waals surface area contributed by atoms with Crippen molar-refractivity contribution < 1.29 is 19.2 Å². The fourth-order valence-electron chi connectivity index (χ4n) is 8.74. The van der Waals surface area contributed by atoms with Gasteiger partial charge in [-0.2, -0.15) is 0 Å². The Kier molecular flexibility index (Phi) is 13.7. The van der Waals surface area contributed by atoms with E-state index < -0.39 is 24.2 Å². The minimum atomic E-state index is -0.948. The first-order valence-electron chi connectivity index (χ1n) is 20.8. The molecule has 312 valence electrons. The van der Waals surface area contributed by atoms with Crippen molar-refractivity contribution in [3.63, 3.8) is 0 Å². The minimum Gasteiger partial charge on any atom is -0.348 e. The molecule has 0 bridgehead atoms. The molecular weight excluding hydrogens is 783 g/mol. The number of anilines is 2. The van der Waals surface area contributed by atoms with Crippen molar-refractivity contribution >= 4 is 69.7 Å². The van der Waals surface area contributed by atoms with Crippen LogP contribution >= 0.6 is 24.4 Å². The van der Waals surface area contributed by atoms with Gasteiger partial charge in [-0.05, 0) is 112 Å². The van der Waals surface area contributed by atoms with Crippen LogP contribution in [0.4, 0.5) is 11.4 Å². The van der Waals surface area contributed by atoms with E-state index in [9.17, 15) is 19.2 Å². The van der Waals surface area contributed by atoms with E-state index in [2.05, 4.69) is 31.5 Å². The molecule has 0 spiro atoms. The molecule has 1 unspecified atom stereocenters. The lowest BCUT2D eigenvalue weighted by Crippen LogP contribution is -2.62. The number of nitrogens with zero attached hydrogens (tertiary/aromatic N) is 4. The molecule has 4 aliphatic heterocycles. The average molecular weight is 838 g/mol. The van der Waals surface area contributed by atoms with Crippen LogP contribution in [0.3, 0.4) is 0 Å². The van der Waals surface area contributed by atoms with Crippen molar-refractivity contribution in [2.24, 2.45) is 0 Å². The van der Waals surface area contributed by atoms with Crippen LogP contribution in [0.25, 0.3) is 0 Å². The van der Waals surface area contributed by atoms with E-state index in [0.29, 0.717) is 55.0 Å². The second kappa shape index (κ2) is 19.3. The summed E-state index contributed by atoms with van der Waals surface area (Å²) < 4.78 is 0. The maximum atomic E-state index is 14.6. The number of thiocarbonyl (C=S) groups is 2. The molecule has 3 aromatic rings. The standard InChI is InChI=1S/C44H55N9O4S2/c1-29(45-2)40(55)48-36-28-51(44(59)47-33-17-15-32(16-18-33)46-43(58)50-25-21-34-14-9-24-52(34)38(54)23-27-50)26-22-35-19-20-37(53(35)42(36)57)41(56)49-39(30-10-5-3-6-11-30)31-12-7-4-8-13-31/h3-8,10-13,15-18,29,34-37,39,45H,9,14,19-28H2,1-2H3,(H,46,58)(H,47,59)(H,48,55)(H,49,56)/t29-,34?,35+,36-,37-/m0/s1. The van der Waals surface area contributed by atoms with Gasteiger partial charge >= 0.3 is 0 Å². The highest BCUT2D eigenvalue weighted by Gasteiger charge is 2.46. The topological polar surface area (TPSA) is 141 Å². The summed E-state index contributed by atoms with van der Waals surface area (Å²) >= 11 is 11.7. The number of fused-ring (bicyclic) bond motifs is 2. The Labute approximate surface area is 357 Å². The van der Waals surface area contributed by atoms with E-state index in [0.717, 1.165) is 54.9 Å². The maximum Gasteiger partial charge on any atom is 0.247 e. The molecular formula is C44H55N9O4S2. The SMILES string of the molecule is CN[C@@H](C)C(=O)N[C@H]1CN(C(=S)Nc2ccc(NC(=S)N3CCC(=O)N4CCCC4CC3)cc2)CC[C@H]2CC[C@@H](C(=O)NC(c3ccccc3)c3ccccc3)N2C1=O. The van der Waals surface area contributed by atoms with Gasteiger partial charge in [0, 0.05) is 62.6 Å². The molecule has 4 aliphatic rings. The number of carbonyl (C=O) groups excluding carboxylic acids is 4. The zero-order valence-electron chi connectivity index (χ0n) is 33.8. The minimum absolute atomic E-state index is 0.131. The van der Waals surface area contributed by atoms with Gasteiger partial charge in [-0.3, -0.25) is 19.2 Å². The number of likely N-dealkylation sites (N-methyl/N-ethyl adjacent to an activating group) is 1. The van der Waals surface area contributed by atoms with Crippen molar-refractivity contribution in [2.45, 2.75) is 88.1 Å². The van der Waals surface area contributed by atoms with Gasteiger partial charge in [-0.25, -0.2) is 0 Å². The summed E-state index contributed by atoms with van der Waals surface area (Å²) in [5.74, 6) is -0.637. The number of hydrogen-bond donors (Lipinski definition) is 5.